The second kappa shape index (κ2) is 10.8. The van der Waals surface area contributed by atoms with Crippen LogP contribution in [0.25, 0.3) is 16.6 Å². The van der Waals surface area contributed by atoms with Crippen molar-refractivity contribution in [2.45, 2.75) is 19.1 Å². The molecule has 0 radical (unpaired) electrons. The van der Waals surface area contributed by atoms with Crippen LogP contribution in [0.15, 0.2) is 71.7 Å². The lowest BCUT2D eigenvalue weighted by atomic mass is 10.1. The van der Waals surface area contributed by atoms with Gasteiger partial charge in [0.2, 0.25) is 5.82 Å². The molecule has 0 spiro atoms. The average molecular weight is 577 g/mol. The third kappa shape index (κ3) is 5.75. The number of nitrogens with one attached hydrogen (secondary N) is 1. The van der Waals surface area contributed by atoms with Gasteiger partial charge in [0.15, 0.2) is 0 Å². The van der Waals surface area contributed by atoms with Crippen LogP contribution in [0.2, 0.25) is 5.02 Å². The van der Waals surface area contributed by atoms with E-state index >= 15 is 0 Å². The van der Waals surface area contributed by atoms with Gasteiger partial charge in [-0.15, -0.1) is 0 Å². The molecule has 0 aliphatic heterocycles. The molecule has 5 N–H and O–H groups in total. The highest BCUT2D eigenvalue weighted by Crippen LogP contribution is 2.32. The summed E-state index contributed by atoms with van der Waals surface area (Å²) in [5.41, 5.74) is 10.6. The number of anilines is 3. The van der Waals surface area contributed by atoms with Crippen LogP contribution in [-0.4, -0.2) is 24.5 Å². The maximum absolute atomic E-state index is 13.6. The van der Waals surface area contributed by atoms with Crippen molar-refractivity contribution >= 4 is 40.0 Å². The Morgan fingerprint density at radius 3 is 2.46 bits per heavy atom. The second-order valence-corrected chi connectivity index (χ2v) is 9.26. The molecule has 5 aromatic rings. The number of nitrogen functional groups attached to an aromatic ring is 2. The van der Waals surface area contributed by atoms with Gasteiger partial charge in [-0.1, -0.05) is 41.8 Å². The first-order chi connectivity index (χ1) is 19.5. The van der Waals surface area contributed by atoms with Gasteiger partial charge in [0, 0.05) is 12.3 Å². The topological polar surface area (TPSA) is 138 Å². The van der Waals surface area contributed by atoms with E-state index in [1.165, 1.54) is 10.6 Å². The van der Waals surface area contributed by atoms with E-state index in [9.17, 15) is 18.0 Å². The quantitative estimate of drug-likeness (QED) is 0.255. The zero-order chi connectivity index (χ0) is 29.3. The fourth-order valence-corrected chi connectivity index (χ4v) is 4.39. The Bertz CT molecular complexity index is 1900. The zero-order valence-corrected chi connectivity index (χ0v) is 22.0. The van der Waals surface area contributed by atoms with E-state index in [4.69, 9.17) is 28.1 Å². The van der Waals surface area contributed by atoms with E-state index < -0.39 is 23.3 Å². The van der Waals surface area contributed by atoms with Gasteiger partial charge in [-0.2, -0.15) is 13.2 Å². The van der Waals surface area contributed by atoms with Gasteiger partial charge < -0.3 is 16.8 Å². The van der Waals surface area contributed by atoms with Crippen LogP contribution in [-0.2, 0) is 6.18 Å². The minimum atomic E-state index is -4.69. The molecular formula is C28H20ClF3N8O. The van der Waals surface area contributed by atoms with Crippen LogP contribution in [0.4, 0.5) is 30.6 Å². The van der Waals surface area contributed by atoms with Crippen molar-refractivity contribution < 1.29 is 13.2 Å². The molecule has 0 fully saturated rings. The lowest BCUT2D eigenvalue weighted by Crippen LogP contribution is -2.27. The number of benzene rings is 2. The lowest BCUT2D eigenvalue weighted by Gasteiger charge is -2.20. The monoisotopic (exact) mass is 576 g/mol. The highest BCUT2D eigenvalue weighted by atomic mass is 35.5. The molecule has 0 aliphatic carbocycles. The number of para-hydroxylation sites is 1. The van der Waals surface area contributed by atoms with E-state index in [0.717, 1.165) is 6.20 Å². The average Bonchev–Trinajstić information content (AvgIpc) is 2.92. The molecule has 9 nitrogen and oxygen atoms in total. The van der Waals surface area contributed by atoms with E-state index in [1.54, 1.807) is 49.4 Å². The molecule has 0 amide bonds. The summed E-state index contributed by atoms with van der Waals surface area (Å²) >= 11 is 6.35. The van der Waals surface area contributed by atoms with Crippen molar-refractivity contribution in [1.82, 2.24) is 24.5 Å². The first-order valence-corrected chi connectivity index (χ1v) is 12.4. The van der Waals surface area contributed by atoms with Crippen LogP contribution >= 0.6 is 11.6 Å². The van der Waals surface area contributed by atoms with Gasteiger partial charge in [-0.05, 0) is 43.2 Å². The fourth-order valence-electron chi connectivity index (χ4n) is 4.14. The van der Waals surface area contributed by atoms with Gasteiger partial charge in [0.05, 0.1) is 38.8 Å². The Labute approximate surface area is 236 Å². The Balaban J connectivity index is 1.54. The molecule has 1 atom stereocenters. The lowest BCUT2D eigenvalue weighted by molar-refractivity contribution is -0.137. The summed E-state index contributed by atoms with van der Waals surface area (Å²) in [6.45, 7) is 1.76. The maximum atomic E-state index is 13.6. The van der Waals surface area contributed by atoms with Crippen LogP contribution < -0.4 is 22.3 Å². The third-order valence-corrected chi connectivity index (χ3v) is 6.24. The highest BCUT2D eigenvalue weighted by molar-refractivity contribution is 6.35. The Kier molecular flexibility index (Phi) is 7.21. The summed E-state index contributed by atoms with van der Waals surface area (Å²) in [6.07, 6.45) is -3.76. The standard InChI is InChI=1S/C28H20ClF3N8O/c1-15(26-37-20-9-5-8-19(29)25(20)27(41)40(26)17-6-3-2-4-7-17)36-24-13-22(34)38-23(39-24)11-10-16-14-35-21(33)12-18(16)28(30,31)32/h2-9,12-15H,1H3,(H2,33,35)(H3,34,36,38,39)/t15-/m0/s1. The largest absolute Gasteiger partial charge is 0.417 e. The van der Waals surface area contributed by atoms with Crippen molar-refractivity contribution in [1.29, 1.82) is 0 Å². The van der Waals surface area contributed by atoms with E-state index in [2.05, 4.69) is 32.1 Å². The number of pyridine rings is 1. The van der Waals surface area contributed by atoms with Gasteiger partial charge in [0.1, 0.15) is 23.3 Å². The molecule has 41 heavy (non-hydrogen) atoms. The number of halogens is 4. The highest BCUT2D eigenvalue weighted by Gasteiger charge is 2.33. The molecule has 3 heterocycles. The summed E-state index contributed by atoms with van der Waals surface area (Å²) < 4.78 is 41.8. The molecule has 3 aromatic heterocycles. The second-order valence-electron chi connectivity index (χ2n) is 8.85. The number of alkyl halides is 3. The van der Waals surface area contributed by atoms with Crippen molar-refractivity contribution in [3.63, 3.8) is 0 Å². The van der Waals surface area contributed by atoms with Gasteiger partial charge >= 0.3 is 6.18 Å². The molecule has 0 aliphatic rings. The number of hydrogen-bond donors (Lipinski definition) is 3. The SMILES string of the molecule is C[C@H](Nc1cc(N)nc(C#Cc2cnc(N)cc2C(F)(F)F)n1)c1nc2cccc(Cl)c2c(=O)n1-c1ccccc1. The normalized spacial score (nSPS) is 12.0. The maximum Gasteiger partial charge on any atom is 0.417 e. The fraction of sp³-hybridized carbons (Fsp3) is 0.107. The molecular weight excluding hydrogens is 557 g/mol. The Morgan fingerprint density at radius 1 is 0.976 bits per heavy atom. The summed E-state index contributed by atoms with van der Waals surface area (Å²) in [4.78, 5) is 30.3. The van der Waals surface area contributed by atoms with Crippen LogP contribution in [0.3, 0.4) is 0 Å². The number of aromatic nitrogens is 5. The smallest absolute Gasteiger partial charge is 0.384 e. The number of fused-ring (bicyclic) bond motifs is 1. The van der Waals surface area contributed by atoms with Crippen molar-refractivity contribution in [3.8, 4) is 17.5 Å². The predicted molar refractivity (Wildman–Crippen MR) is 150 cm³/mol. The first kappa shape index (κ1) is 27.4. The summed E-state index contributed by atoms with van der Waals surface area (Å²) in [5.74, 6) is 5.06. The third-order valence-electron chi connectivity index (χ3n) is 5.92. The van der Waals surface area contributed by atoms with Gasteiger partial charge in [-0.25, -0.2) is 19.9 Å². The van der Waals surface area contributed by atoms with E-state index in [-0.39, 0.29) is 39.2 Å². The molecule has 0 bridgehead atoms. The molecule has 206 valence electrons. The van der Waals surface area contributed by atoms with Crippen LogP contribution in [0, 0.1) is 11.8 Å². The van der Waals surface area contributed by atoms with Crippen LogP contribution in [0.1, 0.15) is 35.7 Å². The molecule has 13 heteroatoms. The summed E-state index contributed by atoms with van der Waals surface area (Å²) in [5, 5.41) is 3.68. The Hall–Kier alpha value is -5.15. The summed E-state index contributed by atoms with van der Waals surface area (Å²) in [7, 11) is 0. The van der Waals surface area contributed by atoms with Crippen molar-refractivity contribution in [2.24, 2.45) is 0 Å². The minimum absolute atomic E-state index is 0.0178. The summed E-state index contributed by atoms with van der Waals surface area (Å²) in [6, 6.07) is 15.4. The van der Waals surface area contributed by atoms with E-state index in [1.807, 2.05) is 6.07 Å². The van der Waals surface area contributed by atoms with Crippen molar-refractivity contribution in [3.05, 3.63) is 105 Å². The number of hydrogen-bond acceptors (Lipinski definition) is 8. The number of nitrogens with two attached hydrogens (primary N) is 2. The molecule has 0 unspecified atom stereocenters. The van der Waals surface area contributed by atoms with Crippen LogP contribution in [0.5, 0.6) is 0 Å². The molecule has 0 saturated heterocycles. The predicted octanol–water partition coefficient (Wildman–Crippen LogP) is 4.98. The van der Waals surface area contributed by atoms with Gasteiger partial charge in [-0.3, -0.25) is 9.36 Å². The van der Waals surface area contributed by atoms with E-state index in [0.29, 0.717) is 23.1 Å². The molecule has 5 rings (SSSR count). The number of nitrogens with zero attached hydrogens (tertiary/aromatic N) is 5. The minimum Gasteiger partial charge on any atom is -0.384 e. The van der Waals surface area contributed by atoms with Gasteiger partial charge in [0.25, 0.3) is 5.56 Å². The molecule has 2 aromatic carbocycles. The Morgan fingerprint density at radius 2 is 1.73 bits per heavy atom. The van der Waals surface area contributed by atoms with Crippen molar-refractivity contribution in [2.75, 3.05) is 16.8 Å². The molecule has 0 saturated carbocycles. The zero-order valence-electron chi connectivity index (χ0n) is 21.2. The number of rotatable bonds is 4. The first-order valence-electron chi connectivity index (χ1n) is 12.0.